The molecule has 3 aromatic rings. The summed E-state index contributed by atoms with van der Waals surface area (Å²) in [7, 11) is 0. The van der Waals surface area contributed by atoms with Crippen LogP contribution in [0.3, 0.4) is 0 Å². The lowest BCUT2D eigenvalue weighted by atomic mass is 9.89. The monoisotopic (exact) mass is 381 g/mol. The number of hydrogen-bond acceptors (Lipinski definition) is 4. The molecule has 1 atom stereocenters. The standard InChI is InChI=1S/C21H23N3O2S/c1-13-7-8-15-16(11-13)27-20-19(15)21(26)24(10-9-17(22)25)18(23-20)12-14-5-3-2-4-6-14/h2-6,13H,7-12H2,1H3,(H2,22,25). The number of amides is 1. The average Bonchev–Trinajstić information content (AvgIpc) is 2.99. The summed E-state index contributed by atoms with van der Waals surface area (Å²) in [5.74, 6) is 0.937. The normalized spacial score (nSPS) is 16.4. The molecule has 4 rings (SSSR count). The van der Waals surface area contributed by atoms with E-state index in [1.807, 2.05) is 30.3 Å². The molecule has 1 aliphatic rings. The molecule has 1 aromatic carbocycles. The van der Waals surface area contributed by atoms with Crippen molar-refractivity contribution in [3.8, 4) is 0 Å². The Kier molecular flexibility index (Phi) is 4.83. The van der Waals surface area contributed by atoms with Crippen LogP contribution in [0.5, 0.6) is 0 Å². The molecule has 0 bridgehead atoms. The van der Waals surface area contributed by atoms with Gasteiger partial charge in [0.2, 0.25) is 5.91 Å². The van der Waals surface area contributed by atoms with Crippen LogP contribution < -0.4 is 11.3 Å². The second-order valence-corrected chi connectivity index (χ2v) is 8.48. The van der Waals surface area contributed by atoms with Gasteiger partial charge in [0, 0.05) is 24.3 Å². The van der Waals surface area contributed by atoms with E-state index in [-0.39, 0.29) is 18.5 Å². The average molecular weight is 382 g/mol. The van der Waals surface area contributed by atoms with Gasteiger partial charge in [-0.15, -0.1) is 11.3 Å². The van der Waals surface area contributed by atoms with E-state index in [0.717, 1.165) is 35.0 Å². The van der Waals surface area contributed by atoms with E-state index in [1.165, 1.54) is 10.4 Å². The molecule has 1 aliphatic carbocycles. The highest BCUT2D eigenvalue weighted by Gasteiger charge is 2.24. The Morgan fingerprint density at radius 3 is 2.85 bits per heavy atom. The first-order valence-electron chi connectivity index (χ1n) is 9.39. The largest absolute Gasteiger partial charge is 0.370 e. The van der Waals surface area contributed by atoms with Gasteiger partial charge in [0.05, 0.1) is 5.39 Å². The smallest absolute Gasteiger partial charge is 0.262 e. The Labute approximate surface area is 161 Å². The van der Waals surface area contributed by atoms with Gasteiger partial charge in [0.15, 0.2) is 0 Å². The number of carbonyl (C=O) groups is 1. The lowest BCUT2D eigenvalue weighted by Crippen LogP contribution is -2.28. The highest BCUT2D eigenvalue weighted by molar-refractivity contribution is 7.18. The van der Waals surface area contributed by atoms with Crippen LogP contribution in [-0.2, 0) is 30.6 Å². The Morgan fingerprint density at radius 1 is 1.33 bits per heavy atom. The minimum absolute atomic E-state index is 0.0285. The third-order valence-corrected chi connectivity index (χ3v) is 6.43. The third-order valence-electron chi connectivity index (χ3n) is 5.28. The van der Waals surface area contributed by atoms with Crippen LogP contribution in [0.4, 0.5) is 0 Å². The summed E-state index contributed by atoms with van der Waals surface area (Å²) < 4.78 is 1.66. The van der Waals surface area contributed by atoms with E-state index in [9.17, 15) is 9.59 Å². The summed E-state index contributed by atoms with van der Waals surface area (Å²) in [6, 6.07) is 9.97. The Morgan fingerprint density at radius 2 is 2.11 bits per heavy atom. The molecule has 6 heteroatoms. The van der Waals surface area contributed by atoms with Gasteiger partial charge in [0.1, 0.15) is 10.7 Å². The molecule has 2 heterocycles. The number of fused-ring (bicyclic) bond motifs is 3. The van der Waals surface area contributed by atoms with Crippen molar-refractivity contribution in [2.75, 3.05) is 0 Å². The maximum atomic E-state index is 13.3. The molecule has 1 amide bonds. The van der Waals surface area contributed by atoms with Crippen molar-refractivity contribution in [3.05, 3.63) is 62.5 Å². The summed E-state index contributed by atoms with van der Waals surface area (Å²) in [6.45, 7) is 2.53. The summed E-state index contributed by atoms with van der Waals surface area (Å²) in [5.41, 5.74) is 7.57. The van der Waals surface area contributed by atoms with Crippen molar-refractivity contribution in [1.29, 1.82) is 0 Å². The predicted octanol–water partition coefficient (Wildman–Crippen LogP) is 3.05. The molecule has 2 aromatic heterocycles. The van der Waals surface area contributed by atoms with Crippen molar-refractivity contribution in [2.45, 2.75) is 45.6 Å². The molecule has 2 N–H and O–H groups in total. The molecule has 0 fully saturated rings. The number of benzene rings is 1. The molecule has 1 unspecified atom stereocenters. The van der Waals surface area contributed by atoms with E-state index in [4.69, 9.17) is 10.7 Å². The van der Waals surface area contributed by atoms with Crippen molar-refractivity contribution in [3.63, 3.8) is 0 Å². The SMILES string of the molecule is CC1CCc2c(sc3nc(Cc4ccccc4)n(CCC(N)=O)c(=O)c23)C1. The summed E-state index contributed by atoms with van der Waals surface area (Å²) in [5, 5.41) is 0.753. The van der Waals surface area contributed by atoms with Crippen molar-refractivity contribution >= 4 is 27.5 Å². The quantitative estimate of drug-likeness (QED) is 0.738. The topological polar surface area (TPSA) is 78.0 Å². The number of carbonyl (C=O) groups excluding carboxylic acids is 1. The first-order chi connectivity index (χ1) is 13.0. The fourth-order valence-corrected chi connectivity index (χ4v) is 5.22. The van der Waals surface area contributed by atoms with Gasteiger partial charge in [-0.2, -0.15) is 0 Å². The van der Waals surface area contributed by atoms with E-state index in [0.29, 0.717) is 18.2 Å². The highest BCUT2D eigenvalue weighted by atomic mass is 32.1. The number of hydrogen-bond donors (Lipinski definition) is 1. The molecule has 0 saturated carbocycles. The van der Waals surface area contributed by atoms with Crippen molar-refractivity contribution in [1.82, 2.24) is 9.55 Å². The van der Waals surface area contributed by atoms with E-state index in [2.05, 4.69) is 6.92 Å². The maximum absolute atomic E-state index is 13.3. The number of aryl methyl sites for hydroxylation is 1. The zero-order chi connectivity index (χ0) is 19.0. The zero-order valence-corrected chi connectivity index (χ0v) is 16.2. The van der Waals surface area contributed by atoms with Gasteiger partial charge in [-0.3, -0.25) is 14.2 Å². The summed E-state index contributed by atoms with van der Waals surface area (Å²) >= 11 is 1.66. The van der Waals surface area contributed by atoms with Gasteiger partial charge >= 0.3 is 0 Å². The van der Waals surface area contributed by atoms with Crippen LogP contribution in [0.25, 0.3) is 10.2 Å². The lowest BCUT2D eigenvalue weighted by Gasteiger charge is -2.17. The van der Waals surface area contributed by atoms with Gasteiger partial charge in [-0.1, -0.05) is 37.3 Å². The van der Waals surface area contributed by atoms with Gasteiger partial charge in [0.25, 0.3) is 5.56 Å². The minimum Gasteiger partial charge on any atom is -0.370 e. The van der Waals surface area contributed by atoms with E-state index in [1.54, 1.807) is 15.9 Å². The molecule has 0 saturated heterocycles. The first kappa shape index (κ1) is 17.9. The van der Waals surface area contributed by atoms with Crippen LogP contribution in [-0.4, -0.2) is 15.5 Å². The Balaban J connectivity index is 1.86. The predicted molar refractivity (Wildman–Crippen MR) is 108 cm³/mol. The molecular weight excluding hydrogens is 358 g/mol. The van der Waals surface area contributed by atoms with Gasteiger partial charge in [-0.25, -0.2) is 4.98 Å². The van der Waals surface area contributed by atoms with E-state index >= 15 is 0 Å². The summed E-state index contributed by atoms with van der Waals surface area (Å²) in [4.78, 5) is 31.7. The fourth-order valence-electron chi connectivity index (χ4n) is 3.83. The molecule has 5 nitrogen and oxygen atoms in total. The number of rotatable bonds is 5. The van der Waals surface area contributed by atoms with Crippen LogP contribution in [0.15, 0.2) is 35.1 Å². The van der Waals surface area contributed by atoms with Crippen LogP contribution in [0.2, 0.25) is 0 Å². The lowest BCUT2D eigenvalue weighted by molar-refractivity contribution is -0.118. The number of nitrogens with zero attached hydrogens (tertiary/aromatic N) is 2. The van der Waals surface area contributed by atoms with Crippen molar-refractivity contribution in [2.24, 2.45) is 11.7 Å². The Hall–Kier alpha value is -2.47. The second kappa shape index (κ2) is 7.27. The van der Waals surface area contributed by atoms with Gasteiger partial charge in [-0.05, 0) is 36.3 Å². The van der Waals surface area contributed by atoms with E-state index < -0.39 is 5.91 Å². The van der Waals surface area contributed by atoms with Gasteiger partial charge < -0.3 is 5.73 Å². The fraction of sp³-hybridized carbons (Fsp3) is 0.381. The van der Waals surface area contributed by atoms with Crippen LogP contribution in [0.1, 0.15) is 41.6 Å². The number of nitrogens with two attached hydrogens (primary N) is 1. The molecular formula is C21H23N3O2S. The zero-order valence-electron chi connectivity index (χ0n) is 15.4. The highest BCUT2D eigenvalue weighted by Crippen LogP contribution is 2.36. The molecule has 0 aliphatic heterocycles. The molecule has 140 valence electrons. The molecule has 0 radical (unpaired) electrons. The number of thiophene rings is 1. The number of primary amides is 1. The number of aromatic nitrogens is 2. The molecule has 27 heavy (non-hydrogen) atoms. The van der Waals surface area contributed by atoms with Crippen LogP contribution >= 0.6 is 11.3 Å². The minimum atomic E-state index is -0.408. The first-order valence-corrected chi connectivity index (χ1v) is 10.2. The Bertz CT molecular complexity index is 1050. The third kappa shape index (κ3) is 3.54. The maximum Gasteiger partial charge on any atom is 0.262 e. The summed E-state index contributed by atoms with van der Waals surface area (Å²) in [6.07, 6.45) is 3.75. The second-order valence-electron chi connectivity index (χ2n) is 7.40. The van der Waals surface area contributed by atoms with Crippen LogP contribution in [0, 0.1) is 5.92 Å². The molecule has 0 spiro atoms. The van der Waals surface area contributed by atoms with Crippen molar-refractivity contribution < 1.29 is 4.79 Å².